The van der Waals surface area contributed by atoms with Gasteiger partial charge in [0.2, 0.25) is 0 Å². The van der Waals surface area contributed by atoms with Crippen molar-refractivity contribution in [1.29, 1.82) is 0 Å². The first-order valence-corrected chi connectivity index (χ1v) is 3.79. The molecule has 1 heteroatoms. The highest BCUT2D eigenvalue weighted by Gasteiger charge is 2.14. The van der Waals surface area contributed by atoms with E-state index in [-0.39, 0.29) is 0 Å². The molecule has 0 aliphatic carbocycles. The zero-order valence-electron chi connectivity index (χ0n) is 6.50. The van der Waals surface area contributed by atoms with E-state index in [1.54, 1.807) is 0 Å². The monoisotopic (exact) mass is 146 g/mol. The molecular weight excluding hydrogens is 136 g/mol. The summed E-state index contributed by atoms with van der Waals surface area (Å²) >= 11 is 0. The zero-order valence-corrected chi connectivity index (χ0v) is 6.50. The zero-order chi connectivity index (χ0) is 7.68. The van der Waals surface area contributed by atoms with Crippen LogP contribution in [0.3, 0.4) is 0 Å². The summed E-state index contributed by atoms with van der Waals surface area (Å²) in [7, 11) is 0. The molecule has 1 aliphatic heterocycles. The second-order valence-electron chi connectivity index (χ2n) is 2.60. The molecule has 1 heterocycles. The van der Waals surface area contributed by atoms with Gasteiger partial charge < -0.3 is 4.74 Å². The molecule has 0 saturated carbocycles. The summed E-state index contributed by atoms with van der Waals surface area (Å²) in [6, 6.07) is 8.14. The molecule has 0 saturated heterocycles. The topological polar surface area (TPSA) is 9.23 Å². The lowest BCUT2D eigenvalue weighted by atomic mass is 10.1. The maximum Gasteiger partial charge on any atom is 0.127 e. The summed E-state index contributed by atoms with van der Waals surface area (Å²) in [5.41, 5.74) is 2.54. The normalized spacial score (nSPS) is 18.1. The Kier molecular flexibility index (Phi) is 1.42. The molecule has 2 rings (SSSR count). The smallest absolute Gasteiger partial charge is 0.127 e. The van der Waals surface area contributed by atoms with Crippen LogP contribution in [0.5, 0.6) is 5.75 Å². The minimum absolute atomic E-state index is 0.732. The first-order valence-electron chi connectivity index (χ1n) is 3.79. The van der Waals surface area contributed by atoms with Crippen molar-refractivity contribution in [3.05, 3.63) is 35.9 Å². The third kappa shape index (κ3) is 0.929. The lowest BCUT2D eigenvalue weighted by Gasteiger charge is -1.93. The van der Waals surface area contributed by atoms with Crippen molar-refractivity contribution in [2.45, 2.75) is 6.92 Å². The molecular formula is C10H10O. The van der Waals surface area contributed by atoms with Crippen LogP contribution < -0.4 is 4.74 Å². The third-order valence-corrected chi connectivity index (χ3v) is 1.96. The molecule has 1 aromatic carbocycles. The van der Waals surface area contributed by atoms with E-state index in [0.717, 1.165) is 12.4 Å². The Hall–Kier alpha value is -1.24. The quantitative estimate of drug-likeness (QED) is 0.546. The van der Waals surface area contributed by atoms with Crippen LogP contribution in [-0.2, 0) is 0 Å². The molecule has 0 spiro atoms. The minimum atomic E-state index is 0.732. The van der Waals surface area contributed by atoms with Gasteiger partial charge in [-0.25, -0.2) is 0 Å². The van der Waals surface area contributed by atoms with Gasteiger partial charge in [0.05, 0.1) is 0 Å². The molecule has 11 heavy (non-hydrogen) atoms. The number of hydrogen-bond donors (Lipinski definition) is 0. The fourth-order valence-electron chi connectivity index (χ4n) is 1.33. The van der Waals surface area contributed by atoms with Gasteiger partial charge in [-0.05, 0) is 18.6 Å². The molecule has 0 radical (unpaired) electrons. The highest BCUT2D eigenvalue weighted by atomic mass is 16.5. The van der Waals surface area contributed by atoms with Crippen molar-refractivity contribution < 1.29 is 4.74 Å². The maximum atomic E-state index is 5.43. The fourth-order valence-corrected chi connectivity index (χ4v) is 1.33. The van der Waals surface area contributed by atoms with Crippen LogP contribution in [0.4, 0.5) is 0 Å². The van der Waals surface area contributed by atoms with Gasteiger partial charge in [0.15, 0.2) is 0 Å². The van der Waals surface area contributed by atoms with E-state index >= 15 is 0 Å². The van der Waals surface area contributed by atoms with Gasteiger partial charge in [-0.1, -0.05) is 24.3 Å². The Bertz CT molecular complexity index is 299. The Morgan fingerprint density at radius 1 is 1.36 bits per heavy atom. The largest absolute Gasteiger partial charge is 0.488 e. The molecule has 0 aromatic heterocycles. The highest BCUT2D eigenvalue weighted by Crippen LogP contribution is 2.31. The average molecular weight is 146 g/mol. The summed E-state index contributed by atoms with van der Waals surface area (Å²) in [5.74, 6) is 1.01. The average Bonchev–Trinajstić information content (AvgIpc) is 2.47. The molecule has 0 bridgehead atoms. The number of hydrogen-bond acceptors (Lipinski definition) is 1. The van der Waals surface area contributed by atoms with Crippen molar-refractivity contribution in [1.82, 2.24) is 0 Å². The summed E-state index contributed by atoms with van der Waals surface area (Å²) in [5, 5.41) is 0. The van der Waals surface area contributed by atoms with Crippen LogP contribution in [0.15, 0.2) is 30.3 Å². The van der Waals surface area contributed by atoms with E-state index in [1.165, 1.54) is 11.1 Å². The van der Waals surface area contributed by atoms with Crippen LogP contribution >= 0.6 is 0 Å². The van der Waals surface area contributed by atoms with Gasteiger partial charge >= 0.3 is 0 Å². The minimum Gasteiger partial charge on any atom is -0.488 e. The van der Waals surface area contributed by atoms with Crippen molar-refractivity contribution in [2.75, 3.05) is 6.61 Å². The third-order valence-electron chi connectivity index (χ3n) is 1.96. The molecule has 0 N–H and O–H groups in total. The SMILES string of the molecule is C/C=C1\COc2ccccc21. The van der Waals surface area contributed by atoms with Crippen molar-refractivity contribution >= 4 is 5.57 Å². The van der Waals surface area contributed by atoms with E-state index in [1.807, 2.05) is 25.1 Å². The molecule has 0 amide bonds. The summed E-state index contributed by atoms with van der Waals surface area (Å²) in [6.45, 7) is 2.77. The molecule has 1 nitrogen and oxygen atoms in total. The van der Waals surface area contributed by atoms with Crippen LogP contribution in [0.1, 0.15) is 12.5 Å². The second-order valence-corrected chi connectivity index (χ2v) is 2.60. The van der Waals surface area contributed by atoms with Gasteiger partial charge in [0.1, 0.15) is 12.4 Å². The molecule has 1 aliphatic rings. The van der Waals surface area contributed by atoms with E-state index in [4.69, 9.17) is 4.74 Å². The molecule has 0 fully saturated rings. The van der Waals surface area contributed by atoms with Crippen LogP contribution in [0.2, 0.25) is 0 Å². The number of benzene rings is 1. The molecule has 1 aromatic rings. The Labute approximate surface area is 66.3 Å². The Morgan fingerprint density at radius 2 is 2.18 bits per heavy atom. The predicted octanol–water partition coefficient (Wildman–Crippen LogP) is 2.48. The Morgan fingerprint density at radius 3 is 3.00 bits per heavy atom. The Balaban J connectivity index is 2.55. The standard InChI is InChI=1S/C10H10O/c1-2-8-7-11-10-6-4-3-5-9(8)10/h2-6H,7H2,1H3/b8-2+. The number of allylic oxidation sites excluding steroid dienone is 1. The second kappa shape index (κ2) is 2.42. The van der Waals surface area contributed by atoms with E-state index in [0.29, 0.717) is 0 Å². The number of rotatable bonds is 0. The van der Waals surface area contributed by atoms with Crippen molar-refractivity contribution in [2.24, 2.45) is 0 Å². The van der Waals surface area contributed by atoms with E-state index < -0.39 is 0 Å². The van der Waals surface area contributed by atoms with Crippen LogP contribution in [0, 0.1) is 0 Å². The summed E-state index contributed by atoms with van der Waals surface area (Å²) in [6.07, 6.45) is 2.10. The lowest BCUT2D eigenvalue weighted by molar-refractivity contribution is 0.388. The van der Waals surface area contributed by atoms with Gasteiger partial charge in [0.25, 0.3) is 0 Å². The first kappa shape index (κ1) is 6.47. The van der Waals surface area contributed by atoms with E-state index in [9.17, 15) is 0 Å². The summed E-state index contributed by atoms with van der Waals surface area (Å²) in [4.78, 5) is 0. The number of ether oxygens (including phenoxy) is 1. The van der Waals surface area contributed by atoms with Crippen LogP contribution in [0.25, 0.3) is 5.57 Å². The molecule has 56 valence electrons. The summed E-state index contributed by atoms with van der Waals surface area (Å²) < 4.78 is 5.43. The van der Waals surface area contributed by atoms with Gasteiger partial charge in [-0.2, -0.15) is 0 Å². The molecule has 0 atom stereocenters. The first-order chi connectivity index (χ1) is 5.42. The number of fused-ring (bicyclic) bond motifs is 1. The maximum absolute atomic E-state index is 5.43. The predicted molar refractivity (Wildman–Crippen MR) is 45.6 cm³/mol. The number of para-hydroxylation sites is 1. The van der Waals surface area contributed by atoms with Crippen molar-refractivity contribution in [3.8, 4) is 5.75 Å². The van der Waals surface area contributed by atoms with Gasteiger partial charge in [-0.15, -0.1) is 0 Å². The highest BCUT2D eigenvalue weighted by molar-refractivity contribution is 5.74. The van der Waals surface area contributed by atoms with Gasteiger partial charge in [-0.3, -0.25) is 0 Å². The van der Waals surface area contributed by atoms with Crippen molar-refractivity contribution in [3.63, 3.8) is 0 Å². The lowest BCUT2D eigenvalue weighted by Crippen LogP contribution is -1.85. The fraction of sp³-hybridized carbons (Fsp3) is 0.200. The van der Waals surface area contributed by atoms with E-state index in [2.05, 4.69) is 12.1 Å². The van der Waals surface area contributed by atoms with Crippen LogP contribution in [-0.4, -0.2) is 6.61 Å². The molecule has 0 unspecified atom stereocenters. The van der Waals surface area contributed by atoms with Gasteiger partial charge in [0, 0.05) is 5.56 Å².